The maximum Gasteiger partial charge on any atom is 0.408 e. The van der Waals surface area contributed by atoms with Crippen molar-refractivity contribution in [1.82, 2.24) is 20.2 Å². The highest BCUT2D eigenvalue weighted by atomic mass is 19.3. The molecular weight excluding hydrogens is 652 g/mol. The number of alkyl carbamates (subject to hydrolysis) is 1. The second-order valence-electron chi connectivity index (χ2n) is 14.3. The molecule has 2 aliphatic heterocycles. The number of nitrogens with zero attached hydrogens (tertiary/aromatic N) is 3. The lowest BCUT2D eigenvalue weighted by atomic mass is 9.71. The first-order chi connectivity index (χ1) is 23.1. The number of alkyl halides is 4. The topological polar surface area (TPSA) is 129 Å². The summed E-state index contributed by atoms with van der Waals surface area (Å²) >= 11 is 0. The summed E-state index contributed by atoms with van der Waals surface area (Å²) in [6.07, 6.45) is 3.09. The minimum absolute atomic E-state index is 0.0134. The summed E-state index contributed by atoms with van der Waals surface area (Å²) in [6, 6.07) is 1.24. The highest BCUT2D eigenvalue weighted by Crippen LogP contribution is 2.53. The molecule has 3 heterocycles. The number of hydrogen-bond acceptors (Lipinski definition) is 9. The van der Waals surface area contributed by atoms with Gasteiger partial charge in [-0.1, -0.05) is 26.8 Å². The fourth-order valence-corrected chi connectivity index (χ4v) is 7.58. The molecule has 0 radical (unpaired) electrons. The maximum absolute atomic E-state index is 16.0. The number of carbonyl (C=O) groups is 3. The van der Waals surface area contributed by atoms with Crippen LogP contribution in [0.4, 0.5) is 22.4 Å². The van der Waals surface area contributed by atoms with Crippen molar-refractivity contribution in [2.75, 3.05) is 13.7 Å². The van der Waals surface area contributed by atoms with E-state index < -0.39 is 71.8 Å². The number of halogens is 4. The Hall–Kier alpha value is -4.17. The van der Waals surface area contributed by atoms with Crippen LogP contribution in [0.1, 0.15) is 65.0 Å². The highest BCUT2D eigenvalue weighted by Gasteiger charge is 2.51. The Bertz CT molecular complexity index is 1630. The fourth-order valence-electron chi connectivity index (χ4n) is 7.58. The molecule has 3 fully saturated rings. The van der Waals surface area contributed by atoms with Crippen LogP contribution in [-0.2, 0) is 25.0 Å². The number of aromatic nitrogens is 2. The monoisotopic (exact) mass is 692 g/mol. The van der Waals surface area contributed by atoms with Crippen molar-refractivity contribution in [3.63, 3.8) is 0 Å². The Kier molecular flexibility index (Phi) is 9.40. The van der Waals surface area contributed by atoms with Crippen molar-refractivity contribution in [2.45, 2.75) is 96.1 Å². The predicted octanol–water partition coefficient (Wildman–Crippen LogP) is 5.75. The van der Waals surface area contributed by atoms with Crippen LogP contribution in [0.15, 0.2) is 30.4 Å². The molecule has 1 N–H and O–H groups in total. The zero-order valence-corrected chi connectivity index (χ0v) is 27.7. The zero-order valence-electron chi connectivity index (χ0n) is 27.7. The molecule has 1 aromatic heterocycles. The summed E-state index contributed by atoms with van der Waals surface area (Å²) in [5, 5.41) is 2.75. The molecule has 1 aromatic carbocycles. The van der Waals surface area contributed by atoms with E-state index >= 15 is 8.78 Å². The summed E-state index contributed by atoms with van der Waals surface area (Å²) in [7, 11) is 1.15. The Morgan fingerprint density at radius 3 is 2.51 bits per heavy atom. The molecule has 4 aliphatic rings. The Morgan fingerprint density at radius 2 is 1.84 bits per heavy atom. The van der Waals surface area contributed by atoms with E-state index in [4.69, 9.17) is 14.2 Å². The van der Waals surface area contributed by atoms with Gasteiger partial charge < -0.3 is 29.2 Å². The molecule has 15 heteroatoms. The van der Waals surface area contributed by atoms with Gasteiger partial charge in [-0.05, 0) is 73.5 Å². The van der Waals surface area contributed by atoms with Crippen LogP contribution in [0.5, 0.6) is 11.6 Å². The van der Waals surface area contributed by atoms with Gasteiger partial charge in [-0.2, -0.15) is 17.6 Å². The molecule has 1 saturated heterocycles. The summed E-state index contributed by atoms with van der Waals surface area (Å²) in [4.78, 5) is 50.1. The molecule has 11 nitrogen and oxygen atoms in total. The zero-order chi connectivity index (χ0) is 35.2. The second kappa shape index (κ2) is 13.3. The minimum Gasteiger partial charge on any atom is -0.471 e. The number of esters is 1. The number of amides is 2. The van der Waals surface area contributed by atoms with Crippen LogP contribution in [0, 0.1) is 23.2 Å². The number of hydrogen-bond donors (Lipinski definition) is 1. The lowest BCUT2D eigenvalue weighted by Gasteiger charge is -2.35. The van der Waals surface area contributed by atoms with E-state index in [9.17, 15) is 23.2 Å². The molecule has 0 spiro atoms. The van der Waals surface area contributed by atoms with Crippen LogP contribution in [0.2, 0.25) is 0 Å². The molecule has 2 amide bonds. The molecule has 7 atom stereocenters. The fraction of sp³-hybridized carbons (Fsp3) is 0.618. The quantitative estimate of drug-likeness (QED) is 0.243. The van der Waals surface area contributed by atoms with Gasteiger partial charge in [0.15, 0.2) is 5.69 Å². The molecule has 266 valence electrons. The SMILES string of the molecule is COC(=O)C1CC2CN1C(=O)C(C(C)(C)C)NC(=O)OC1CC3CCC3C1CCC=CC(F)(F)c1nc3ccc(OC(F)F)cc3nc1O2. The number of fused-ring (bicyclic) bond motifs is 7. The number of nitrogens with one attached hydrogen (secondary N) is 1. The third-order valence-corrected chi connectivity index (χ3v) is 10.1. The lowest BCUT2D eigenvalue weighted by molar-refractivity contribution is -0.152. The number of carbonyl (C=O) groups excluding carboxylic acids is 3. The average molecular weight is 693 g/mol. The normalized spacial score (nSPS) is 30.1. The van der Waals surface area contributed by atoms with Crippen LogP contribution >= 0.6 is 0 Å². The van der Waals surface area contributed by atoms with E-state index in [2.05, 4.69) is 20.0 Å². The number of allylic oxidation sites excluding steroid dienone is 2. The van der Waals surface area contributed by atoms with Crippen molar-refractivity contribution in [1.29, 1.82) is 0 Å². The van der Waals surface area contributed by atoms with E-state index in [1.54, 1.807) is 20.8 Å². The number of methoxy groups -OCH3 is 1. The van der Waals surface area contributed by atoms with Crippen molar-refractivity contribution in [2.24, 2.45) is 23.2 Å². The molecule has 7 unspecified atom stereocenters. The van der Waals surface area contributed by atoms with Crippen molar-refractivity contribution < 1.29 is 50.9 Å². The van der Waals surface area contributed by atoms with E-state index in [0.29, 0.717) is 24.7 Å². The maximum atomic E-state index is 16.0. The third kappa shape index (κ3) is 7.11. The van der Waals surface area contributed by atoms with Crippen molar-refractivity contribution >= 4 is 29.0 Å². The molecule has 6 rings (SSSR count). The van der Waals surface area contributed by atoms with Gasteiger partial charge in [-0.3, -0.25) is 4.79 Å². The first kappa shape index (κ1) is 34.7. The summed E-state index contributed by atoms with van der Waals surface area (Å²) < 4.78 is 79.3. The van der Waals surface area contributed by atoms with E-state index in [1.165, 1.54) is 23.1 Å². The molecule has 2 aromatic rings. The molecule has 2 aliphatic carbocycles. The molecule has 49 heavy (non-hydrogen) atoms. The van der Waals surface area contributed by atoms with E-state index in [-0.39, 0.29) is 42.1 Å². The molecule has 2 bridgehead atoms. The van der Waals surface area contributed by atoms with Gasteiger partial charge in [0.05, 0.1) is 24.7 Å². The predicted molar refractivity (Wildman–Crippen MR) is 166 cm³/mol. The van der Waals surface area contributed by atoms with Crippen LogP contribution in [0.3, 0.4) is 0 Å². The Morgan fingerprint density at radius 1 is 1.06 bits per heavy atom. The molecule has 2 saturated carbocycles. The summed E-state index contributed by atoms with van der Waals surface area (Å²) in [6.45, 7) is 1.90. The highest BCUT2D eigenvalue weighted by molar-refractivity contribution is 5.91. The van der Waals surface area contributed by atoms with Gasteiger partial charge >= 0.3 is 24.6 Å². The minimum atomic E-state index is -3.68. The molecular formula is C34H40F4N4O7. The second-order valence-corrected chi connectivity index (χ2v) is 14.3. The lowest BCUT2D eigenvalue weighted by Crippen LogP contribution is -2.57. The van der Waals surface area contributed by atoms with Gasteiger partial charge in [0, 0.05) is 12.5 Å². The van der Waals surface area contributed by atoms with Gasteiger partial charge in [-0.25, -0.2) is 19.6 Å². The average Bonchev–Trinajstić information content (AvgIpc) is 3.53. The van der Waals surface area contributed by atoms with Gasteiger partial charge in [-0.15, -0.1) is 0 Å². The summed E-state index contributed by atoms with van der Waals surface area (Å²) in [5.41, 5.74) is -1.71. The Labute approximate surface area is 280 Å². The number of benzene rings is 1. The Balaban J connectivity index is 1.42. The number of ether oxygens (including phenoxy) is 4. The van der Waals surface area contributed by atoms with Crippen LogP contribution in [0.25, 0.3) is 11.0 Å². The first-order valence-electron chi connectivity index (χ1n) is 16.5. The summed E-state index contributed by atoms with van der Waals surface area (Å²) in [5.74, 6) is -5.27. The van der Waals surface area contributed by atoms with Gasteiger partial charge in [0.2, 0.25) is 11.8 Å². The van der Waals surface area contributed by atoms with Crippen molar-refractivity contribution in [3.05, 3.63) is 36.0 Å². The largest absolute Gasteiger partial charge is 0.471 e. The van der Waals surface area contributed by atoms with Crippen LogP contribution < -0.4 is 14.8 Å². The smallest absolute Gasteiger partial charge is 0.408 e. The van der Waals surface area contributed by atoms with E-state index in [0.717, 1.165) is 32.1 Å². The van der Waals surface area contributed by atoms with Crippen LogP contribution in [-0.4, -0.2) is 77.4 Å². The van der Waals surface area contributed by atoms with Gasteiger partial charge in [0.25, 0.3) is 0 Å². The van der Waals surface area contributed by atoms with Gasteiger partial charge in [0.1, 0.15) is 30.0 Å². The standard InChI is InChI=1S/C34H40F4N4O7/c1-33(2,3)27-29(43)42-16-19(15-24(42)30(44)46-4)47-28-26(39-22-11-9-18(48-31(35)36)14-23(22)40-28)34(37,38)12-6-5-7-21-20-10-8-17(20)13-25(21)49-32(45)41-27/h6,9,11-12,14,17,19-21,24-25,27,31H,5,7-8,10,13,15-16H2,1-4H3,(H,41,45). The van der Waals surface area contributed by atoms with Crippen molar-refractivity contribution in [3.8, 4) is 11.6 Å². The third-order valence-electron chi connectivity index (χ3n) is 10.1. The number of rotatable bonds is 3. The van der Waals surface area contributed by atoms with E-state index in [1.807, 2.05) is 0 Å². The first-order valence-corrected chi connectivity index (χ1v) is 16.5.